The van der Waals surface area contributed by atoms with Crippen LogP contribution in [0, 0.1) is 11.8 Å². The molecule has 1 fully saturated rings. The molecule has 15 heavy (non-hydrogen) atoms. The van der Waals surface area contributed by atoms with Crippen molar-refractivity contribution in [2.75, 3.05) is 0 Å². The SMILES string of the molecule is C/C=C1/CC2C=CC1C2.C=C.C=CCC. The average molecular weight is 204 g/mol. The van der Waals surface area contributed by atoms with Crippen molar-refractivity contribution in [2.45, 2.75) is 33.1 Å². The average Bonchev–Trinajstić information content (AvgIpc) is 2.93. The quantitative estimate of drug-likeness (QED) is 0.532. The summed E-state index contributed by atoms with van der Waals surface area (Å²) < 4.78 is 0. The summed E-state index contributed by atoms with van der Waals surface area (Å²) in [7, 11) is 0. The molecule has 0 nitrogen and oxygen atoms in total. The van der Waals surface area contributed by atoms with E-state index in [4.69, 9.17) is 0 Å². The first-order valence-corrected chi connectivity index (χ1v) is 5.76. The Hall–Kier alpha value is -1.04. The van der Waals surface area contributed by atoms with Crippen LogP contribution in [0.3, 0.4) is 0 Å². The van der Waals surface area contributed by atoms with Crippen LogP contribution in [0.25, 0.3) is 0 Å². The predicted octanol–water partition coefficient (Wildman–Crippen LogP) is 4.91. The summed E-state index contributed by atoms with van der Waals surface area (Å²) in [6.07, 6.45) is 12.7. The lowest BCUT2D eigenvalue weighted by molar-refractivity contribution is 0.693. The van der Waals surface area contributed by atoms with Crippen molar-refractivity contribution in [3.05, 3.63) is 49.6 Å². The van der Waals surface area contributed by atoms with Crippen LogP contribution in [-0.4, -0.2) is 0 Å². The normalized spacial score (nSPS) is 27.7. The van der Waals surface area contributed by atoms with Gasteiger partial charge < -0.3 is 0 Å². The Labute approximate surface area is 95.1 Å². The van der Waals surface area contributed by atoms with E-state index in [9.17, 15) is 0 Å². The number of rotatable bonds is 1. The minimum Gasteiger partial charge on any atom is -0.106 e. The molecule has 0 aliphatic heterocycles. The molecule has 0 saturated heterocycles. The standard InChI is InChI=1S/C9H12.C4H8.C2H4/c1-2-8-5-7-3-4-9(8)6-7;1-3-4-2;1-2/h2-4,7,9H,5-6H2,1H3;3H,1,4H2,2H3;1-2H2/b8-2-;;. The molecule has 2 unspecified atom stereocenters. The fourth-order valence-corrected chi connectivity index (χ4v) is 1.99. The summed E-state index contributed by atoms with van der Waals surface area (Å²) in [4.78, 5) is 0. The highest BCUT2D eigenvalue weighted by Gasteiger charge is 2.29. The van der Waals surface area contributed by atoms with Gasteiger partial charge in [-0.2, -0.15) is 0 Å². The van der Waals surface area contributed by atoms with Crippen molar-refractivity contribution in [2.24, 2.45) is 11.8 Å². The van der Waals surface area contributed by atoms with Gasteiger partial charge in [0, 0.05) is 0 Å². The van der Waals surface area contributed by atoms with Crippen LogP contribution < -0.4 is 0 Å². The summed E-state index contributed by atoms with van der Waals surface area (Å²) in [5.74, 6) is 1.74. The molecule has 0 amide bonds. The van der Waals surface area contributed by atoms with Crippen LogP contribution in [0.5, 0.6) is 0 Å². The summed E-state index contributed by atoms with van der Waals surface area (Å²) in [6.45, 7) is 13.7. The van der Waals surface area contributed by atoms with Gasteiger partial charge in [-0.05, 0) is 38.0 Å². The van der Waals surface area contributed by atoms with Gasteiger partial charge in [-0.15, -0.1) is 19.7 Å². The largest absolute Gasteiger partial charge is 0.106 e. The summed E-state index contributed by atoms with van der Waals surface area (Å²) in [6, 6.07) is 0. The number of hydrogen-bond acceptors (Lipinski definition) is 0. The second-order valence-corrected chi connectivity index (χ2v) is 3.75. The minimum atomic E-state index is 0.833. The molecule has 2 rings (SSSR count). The zero-order chi connectivity index (χ0) is 11.7. The van der Waals surface area contributed by atoms with Crippen molar-refractivity contribution in [3.8, 4) is 0 Å². The lowest BCUT2D eigenvalue weighted by atomic mass is 10.0. The Kier molecular flexibility index (Phi) is 7.71. The molecule has 2 bridgehead atoms. The lowest BCUT2D eigenvalue weighted by Crippen LogP contribution is -1.90. The van der Waals surface area contributed by atoms with Crippen LogP contribution in [0.4, 0.5) is 0 Å². The molecule has 2 aliphatic carbocycles. The summed E-state index contributed by atoms with van der Waals surface area (Å²) in [5, 5.41) is 0. The fourth-order valence-electron chi connectivity index (χ4n) is 1.99. The van der Waals surface area contributed by atoms with E-state index in [1.54, 1.807) is 5.57 Å². The molecular weight excluding hydrogens is 180 g/mol. The van der Waals surface area contributed by atoms with Gasteiger partial charge in [0.2, 0.25) is 0 Å². The predicted molar refractivity (Wildman–Crippen MR) is 70.9 cm³/mol. The maximum atomic E-state index is 3.48. The van der Waals surface area contributed by atoms with Crippen molar-refractivity contribution >= 4 is 0 Å². The van der Waals surface area contributed by atoms with Crippen LogP contribution in [0.15, 0.2) is 49.6 Å². The Morgan fingerprint density at radius 1 is 1.40 bits per heavy atom. The monoisotopic (exact) mass is 204 g/mol. The molecule has 0 aromatic carbocycles. The highest BCUT2D eigenvalue weighted by molar-refractivity contribution is 5.26. The van der Waals surface area contributed by atoms with E-state index in [0.717, 1.165) is 18.3 Å². The molecular formula is C15H24. The van der Waals surface area contributed by atoms with Crippen LogP contribution >= 0.6 is 0 Å². The number of allylic oxidation sites excluding steroid dienone is 5. The van der Waals surface area contributed by atoms with Crippen molar-refractivity contribution in [1.82, 2.24) is 0 Å². The maximum Gasteiger partial charge on any atom is -0.00174 e. The highest BCUT2D eigenvalue weighted by Crippen LogP contribution is 2.42. The van der Waals surface area contributed by atoms with E-state index in [2.05, 4.69) is 51.8 Å². The first kappa shape index (κ1) is 14.0. The third-order valence-corrected chi connectivity index (χ3v) is 2.81. The van der Waals surface area contributed by atoms with Gasteiger partial charge >= 0.3 is 0 Å². The molecule has 0 heteroatoms. The second-order valence-electron chi connectivity index (χ2n) is 3.75. The van der Waals surface area contributed by atoms with E-state index in [0.29, 0.717) is 0 Å². The Morgan fingerprint density at radius 2 is 2.00 bits per heavy atom. The lowest BCUT2D eigenvalue weighted by Gasteiger charge is -2.05. The van der Waals surface area contributed by atoms with Crippen molar-refractivity contribution < 1.29 is 0 Å². The number of fused-ring (bicyclic) bond motifs is 2. The van der Waals surface area contributed by atoms with E-state index < -0.39 is 0 Å². The van der Waals surface area contributed by atoms with Gasteiger partial charge in [-0.25, -0.2) is 0 Å². The van der Waals surface area contributed by atoms with E-state index in [1.165, 1.54) is 12.8 Å². The molecule has 0 radical (unpaired) electrons. The van der Waals surface area contributed by atoms with Crippen molar-refractivity contribution in [1.29, 1.82) is 0 Å². The van der Waals surface area contributed by atoms with Gasteiger partial charge in [0.1, 0.15) is 0 Å². The minimum absolute atomic E-state index is 0.833. The molecule has 0 spiro atoms. The fraction of sp³-hybridized carbons (Fsp3) is 0.467. The molecule has 0 heterocycles. The molecule has 2 aliphatic rings. The van der Waals surface area contributed by atoms with E-state index in [-0.39, 0.29) is 0 Å². The molecule has 0 aromatic rings. The van der Waals surface area contributed by atoms with Gasteiger partial charge in [0.05, 0.1) is 0 Å². The molecule has 0 aromatic heterocycles. The third kappa shape index (κ3) is 4.33. The Bertz CT molecular complexity index is 232. The number of hydrogen-bond donors (Lipinski definition) is 0. The second kappa shape index (κ2) is 8.28. The molecule has 84 valence electrons. The topological polar surface area (TPSA) is 0 Å². The van der Waals surface area contributed by atoms with Crippen LogP contribution in [0.2, 0.25) is 0 Å². The molecule has 0 N–H and O–H groups in total. The van der Waals surface area contributed by atoms with Gasteiger partial charge in [-0.3, -0.25) is 0 Å². The third-order valence-electron chi connectivity index (χ3n) is 2.81. The first-order valence-electron chi connectivity index (χ1n) is 5.76. The smallest absolute Gasteiger partial charge is 0.00174 e. The van der Waals surface area contributed by atoms with E-state index in [1.807, 2.05) is 6.08 Å². The zero-order valence-electron chi connectivity index (χ0n) is 10.2. The van der Waals surface area contributed by atoms with Gasteiger partial charge in [0.15, 0.2) is 0 Å². The summed E-state index contributed by atoms with van der Waals surface area (Å²) in [5.41, 5.74) is 1.67. The Balaban J connectivity index is 0.000000282. The van der Waals surface area contributed by atoms with Crippen molar-refractivity contribution in [3.63, 3.8) is 0 Å². The van der Waals surface area contributed by atoms with E-state index >= 15 is 0 Å². The Morgan fingerprint density at radius 3 is 2.20 bits per heavy atom. The van der Waals surface area contributed by atoms with Gasteiger partial charge in [0.25, 0.3) is 0 Å². The first-order chi connectivity index (χ1) is 7.31. The maximum absolute atomic E-state index is 3.48. The van der Waals surface area contributed by atoms with Crippen LogP contribution in [0.1, 0.15) is 33.1 Å². The van der Waals surface area contributed by atoms with Crippen LogP contribution in [-0.2, 0) is 0 Å². The summed E-state index contributed by atoms with van der Waals surface area (Å²) >= 11 is 0. The molecule has 2 atom stereocenters. The highest BCUT2D eigenvalue weighted by atomic mass is 14.3. The van der Waals surface area contributed by atoms with Gasteiger partial charge in [-0.1, -0.05) is 36.8 Å². The molecule has 1 saturated carbocycles. The zero-order valence-corrected chi connectivity index (χ0v) is 10.2.